The molecule has 1 aliphatic heterocycles. The third kappa shape index (κ3) is 3.36. The second-order valence-electron chi connectivity index (χ2n) is 8.58. The minimum absolute atomic E-state index is 0.104. The maximum atomic E-state index is 11.7. The standard InChI is InChI=1S/C22H34N2O/c1-5-18-9-10-19(21(23)25)13-20(18)22(4)11-12-24(16(3)15(22)2)14-17-7-6-8-17/h9-10,13,15-17H,5-8,11-12,14H2,1-4H3,(H2,23,25)/t15-,16+,22+/m0/s1. The summed E-state index contributed by atoms with van der Waals surface area (Å²) in [6.07, 6.45) is 6.39. The highest BCUT2D eigenvalue weighted by Crippen LogP contribution is 2.44. The lowest BCUT2D eigenvalue weighted by molar-refractivity contribution is 0.0307. The summed E-state index contributed by atoms with van der Waals surface area (Å²) in [6, 6.07) is 6.64. The molecule has 0 aromatic heterocycles. The Morgan fingerprint density at radius 3 is 2.60 bits per heavy atom. The maximum Gasteiger partial charge on any atom is 0.248 e. The SMILES string of the molecule is CCc1ccc(C(N)=O)cc1[C@]1(C)CCN(CC2CCC2)[C@H](C)[C@@H]1C. The van der Waals surface area contributed by atoms with E-state index in [1.54, 1.807) is 0 Å². The molecule has 138 valence electrons. The number of amides is 1. The number of carbonyl (C=O) groups is 1. The average Bonchev–Trinajstić information content (AvgIpc) is 2.57. The molecule has 3 heteroatoms. The van der Waals surface area contributed by atoms with Crippen LogP contribution in [0.15, 0.2) is 18.2 Å². The number of hydrogen-bond acceptors (Lipinski definition) is 2. The topological polar surface area (TPSA) is 46.3 Å². The highest BCUT2D eigenvalue weighted by atomic mass is 16.1. The van der Waals surface area contributed by atoms with E-state index in [9.17, 15) is 4.79 Å². The fourth-order valence-corrected chi connectivity index (χ4v) is 4.87. The third-order valence-corrected chi connectivity index (χ3v) is 7.33. The molecule has 1 saturated carbocycles. The number of nitrogens with two attached hydrogens (primary N) is 1. The Morgan fingerprint density at radius 1 is 1.32 bits per heavy atom. The summed E-state index contributed by atoms with van der Waals surface area (Å²) in [6.45, 7) is 11.8. The van der Waals surface area contributed by atoms with Crippen LogP contribution in [0.25, 0.3) is 0 Å². The van der Waals surface area contributed by atoms with Crippen LogP contribution >= 0.6 is 0 Å². The highest BCUT2D eigenvalue weighted by molar-refractivity contribution is 5.93. The van der Waals surface area contributed by atoms with Gasteiger partial charge < -0.3 is 10.6 Å². The first kappa shape index (κ1) is 18.4. The molecule has 3 nitrogen and oxygen atoms in total. The van der Waals surface area contributed by atoms with Gasteiger partial charge in [0.1, 0.15) is 0 Å². The van der Waals surface area contributed by atoms with E-state index in [0.717, 1.165) is 25.3 Å². The molecule has 1 aliphatic carbocycles. The van der Waals surface area contributed by atoms with Gasteiger partial charge in [-0.3, -0.25) is 4.79 Å². The first-order valence-corrected chi connectivity index (χ1v) is 10.0. The second-order valence-corrected chi connectivity index (χ2v) is 8.58. The number of likely N-dealkylation sites (tertiary alicyclic amines) is 1. The van der Waals surface area contributed by atoms with Gasteiger partial charge in [0.05, 0.1) is 0 Å². The van der Waals surface area contributed by atoms with Crippen molar-refractivity contribution in [3.63, 3.8) is 0 Å². The minimum Gasteiger partial charge on any atom is -0.366 e. The molecule has 0 unspecified atom stereocenters. The summed E-state index contributed by atoms with van der Waals surface area (Å²) in [5.41, 5.74) is 9.01. The number of hydrogen-bond donors (Lipinski definition) is 1. The van der Waals surface area contributed by atoms with Gasteiger partial charge in [-0.05, 0) is 79.7 Å². The number of benzene rings is 1. The van der Waals surface area contributed by atoms with Crippen LogP contribution in [0.3, 0.4) is 0 Å². The van der Waals surface area contributed by atoms with Crippen LogP contribution in [0.4, 0.5) is 0 Å². The normalized spacial score (nSPS) is 30.9. The zero-order valence-corrected chi connectivity index (χ0v) is 16.3. The molecule has 2 aliphatic rings. The number of carbonyl (C=O) groups excluding carboxylic acids is 1. The average molecular weight is 343 g/mol. The molecule has 0 bridgehead atoms. The van der Waals surface area contributed by atoms with Gasteiger partial charge in [0, 0.05) is 18.2 Å². The Balaban J connectivity index is 1.88. The van der Waals surface area contributed by atoms with E-state index in [-0.39, 0.29) is 11.3 Å². The van der Waals surface area contributed by atoms with Crippen molar-refractivity contribution in [3.8, 4) is 0 Å². The van der Waals surface area contributed by atoms with Crippen molar-refractivity contribution in [3.05, 3.63) is 34.9 Å². The molecule has 1 aromatic rings. The number of primary amides is 1. The fraction of sp³-hybridized carbons (Fsp3) is 0.682. The van der Waals surface area contributed by atoms with Crippen molar-refractivity contribution in [2.45, 2.75) is 71.3 Å². The lowest BCUT2D eigenvalue weighted by atomic mass is 9.63. The Labute approximate surface area is 153 Å². The molecule has 3 rings (SSSR count). The van der Waals surface area contributed by atoms with E-state index in [4.69, 9.17) is 5.73 Å². The molecule has 1 aromatic carbocycles. The van der Waals surface area contributed by atoms with Gasteiger partial charge in [-0.25, -0.2) is 0 Å². The van der Waals surface area contributed by atoms with Crippen LogP contribution in [0, 0.1) is 11.8 Å². The number of nitrogens with zero attached hydrogens (tertiary/aromatic N) is 1. The Hall–Kier alpha value is -1.35. The van der Waals surface area contributed by atoms with Crippen LogP contribution < -0.4 is 5.73 Å². The number of rotatable bonds is 5. The van der Waals surface area contributed by atoms with Crippen LogP contribution in [0.1, 0.15) is 74.9 Å². The lowest BCUT2D eigenvalue weighted by Crippen LogP contribution is -2.54. The monoisotopic (exact) mass is 342 g/mol. The van der Waals surface area contributed by atoms with Crippen LogP contribution in [-0.2, 0) is 11.8 Å². The molecule has 0 radical (unpaired) electrons. The second kappa shape index (κ2) is 7.11. The van der Waals surface area contributed by atoms with Crippen molar-refractivity contribution < 1.29 is 4.79 Å². The van der Waals surface area contributed by atoms with Gasteiger partial charge in [0.2, 0.25) is 5.91 Å². The van der Waals surface area contributed by atoms with E-state index >= 15 is 0 Å². The van der Waals surface area contributed by atoms with Crippen molar-refractivity contribution in [2.24, 2.45) is 17.6 Å². The van der Waals surface area contributed by atoms with E-state index in [1.807, 2.05) is 6.07 Å². The van der Waals surface area contributed by atoms with Gasteiger partial charge in [-0.2, -0.15) is 0 Å². The first-order chi connectivity index (χ1) is 11.9. The largest absolute Gasteiger partial charge is 0.366 e. The molecule has 1 amide bonds. The van der Waals surface area contributed by atoms with E-state index < -0.39 is 0 Å². The maximum absolute atomic E-state index is 11.7. The molecule has 1 heterocycles. The smallest absolute Gasteiger partial charge is 0.248 e. The highest BCUT2D eigenvalue weighted by Gasteiger charge is 2.43. The summed E-state index contributed by atoms with van der Waals surface area (Å²) in [7, 11) is 0. The van der Waals surface area contributed by atoms with Crippen molar-refractivity contribution in [1.29, 1.82) is 0 Å². The summed E-state index contributed by atoms with van der Waals surface area (Å²) < 4.78 is 0. The lowest BCUT2D eigenvalue weighted by Gasteiger charge is -2.51. The van der Waals surface area contributed by atoms with Gasteiger partial charge in [0.25, 0.3) is 0 Å². The summed E-state index contributed by atoms with van der Waals surface area (Å²) in [4.78, 5) is 14.4. The Bertz CT molecular complexity index is 637. The molecule has 2 N–H and O–H groups in total. The fourth-order valence-electron chi connectivity index (χ4n) is 4.87. The molecule has 1 saturated heterocycles. The summed E-state index contributed by atoms with van der Waals surface area (Å²) in [5.74, 6) is 1.15. The van der Waals surface area contributed by atoms with Gasteiger partial charge >= 0.3 is 0 Å². The first-order valence-electron chi connectivity index (χ1n) is 10.0. The predicted molar refractivity (Wildman–Crippen MR) is 104 cm³/mol. The molecule has 2 fully saturated rings. The van der Waals surface area contributed by atoms with Gasteiger partial charge in [0.15, 0.2) is 0 Å². The Morgan fingerprint density at radius 2 is 2.04 bits per heavy atom. The van der Waals surface area contributed by atoms with Crippen molar-refractivity contribution in [2.75, 3.05) is 13.1 Å². The molecular formula is C22H34N2O. The van der Waals surface area contributed by atoms with Crippen molar-refractivity contribution in [1.82, 2.24) is 4.90 Å². The predicted octanol–water partition coefficient (Wildman–Crippen LogP) is 4.14. The zero-order valence-electron chi connectivity index (χ0n) is 16.3. The van der Waals surface area contributed by atoms with E-state index in [2.05, 4.69) is 44.7 Å². The summed E-state index contributed by atoms with van der Waals surface area (Å²) in [5, 5.41) is 0. The third-order valence-electron chi connectivity index (χ3n) is 7.33. The van der Waals surface area contributed by atoms with Crippen LogP contribution in [0.2, 0.25) is 0 Å². The van der Waals surface area contributed by atoms with Crippen LogP contribution in [-0.4, -0.2) is 29.9 Å². The molecule has 3 atom stereocenters. The Kier molecular flexibility index (Phi) is 5.24. The van der Waals surface area contributed by atoms with E-state index in [0.29, 0.717) is 17.5 Å². The minimum atomic E-state index is -0.323. The number of aryl methyl sites for hydroxylation is 1. The van der Waals surface area contributed by atoms with Gasteiger partial charge in [-0.15, -0.1) is 0 Å². The molecule has 25 heavy (non-hydrogen) atoms. The number of piperidine rings is 1. The van der Waals surface area contributed by atoms with Crippen LogP contribution in [0.5, 0.6) is 0 Å². The summed E-state index contributed by atoms with van der Waals surface area (Å²) >= 11 is 0. The van der Waals surface area contributed by atoms with Gasteiger partial charge in [-0.1, -0.05) is 33.3 Å². The zero-order chi connectivity index (χ0) is 18.2. The van der Waals surface area contributed by atoms with E-state index in [1.165, 1.54) is 36.9 Å². The molecular weight excluding hydrogens is 308 g/mol. The van der Waals surface area contributed by atoms with Crippen molar-refractivity contribution >= 4 is 5.91 Å². The molecule has 0 spiro atoms. The quantitative estimate of drug-likeness (QED) is 0.874.